The molecular weight excluding hydrogens is 330 g/mol. The van der Waals surface area contributed by atoms with Crippen LogP contribution in [0.4, 0.5) is 4.79 Å². The van der Waals surface area contributed by atoms with Gasteiger partial charge in [0.05, 0.1) is 17.7 Å². The number of likely N-dealkylation sites (tertiary alicyclic amines) is 1. The molecule has 1 heterocycles. The third-order valence-electron chi connectivity index (χ3n) is 5.35. The van der Waals surface area contributed by atoms with E-state index in [4.69, 9.17) is 0 Å². The summed E-state index contributed by atoms with van der Waals surface area (Å²) in [4.78, 5) is 26.9. The summed E-state index contributed by atoms with van der Waals surface area (Å²) in [5, 5.41) is 17.0. The zero-order valence-electron chi connectivity index (χ0n) is 15.6. The molecule has 0 aromatic heterocycles. The van der Waals surface area contributed by atoms with Gasteiger partial charge in [0, 0.05) is 19.0 Å². The molecule has 1 aromatic carbocycles. The number of carbonyl (C=O) groups is 2. The van der Waals surface area contributed by atoms with Crippen molar-refractivity contribution in [3.63, 3.8) is 0 Å². The van der Waals surface area contributed by atoms with Crippen molar-refractivity contribution >= 4 is 11.9 Å². The van der Waals surface area contributed by atoms with Crippen molar-refractivity contribution in [1.82, 2.24) is 15.5 Å². The van der Waals surface area contributed by atoms with Gasteiger partial charge in [0.25, 0.3) is 0 Å². The van der Waals surface area contributed by atoms with E-state index >= 15 is 0 Å². The fourth-order valence-corrected chi connectivity index (χ4v) is 3.60. The molecule has 2 fully saturated rings. The second-order valence-corrected chi connectivity index (χ2v) is 7.65. The Bertz CT molecular complexity index is 643. The summed E-state index contributed by atoms with van der Waals surface area (Å²) < 4.78 is 0. The van der Waals surface area contributed by atoms with E-state index < -0.39 is 17.7 Å². The Labute approximate surface area is 155 Å². The summed E-state index contributed by atoms with van der Waals surface area (Å²) in [6.45, 7) is 4.81. The summed E-state index contributed by atoms with van der Waals surface area (Å²) in [5.74, 6) is 0.0264. The van der Waals surface area contributed by atoms with Gasteiger partial charge in [-0.3, -0.25) is 4.79 Å². The summed E-state index contributed by atoms with van der Waals surface area (Å²) in [5.41, 5.74) is -0.160. The second-order valence-electron chi connectivity index (χ2n) is 7.65. The van der Waals surface area contributed by atoms with Crippen molar-refractivity contribution in [2.45, 2.75) is 57.2 Å². The van der Waals surface area contributed by atoms with Gasteiger partial charge in [-0.05, 0) is 38.2 Å². The Morgan fingerprint density at radius 3 is 2.58 bits per heavy atom. The Morgan fingerprint density at radius 2 is 1.96 bits per heavy atom. The predicted octanol–water partition coefficient (Wildman–Crippen LogP) is 2.20. The van der Waals surface area contributed by atoms with Crippen LogP contribution in [0.15, 0.2) is 30.3 Å². The number of hydrogen-bond acceptors (Lipinski definition) is 3. The molecule has 3 amide bonds. The number of piperidine rings is 1. The van der Waals surface area contributed by atoms with E-state index in [2.05, 4.69) is 10.6 Å². The molecule has 2 aliphatic rings. The average Bonchev–Trinajstić information content (AvgIpc) is 3.47. The largest absolute Gasteiger partial charge is 0.388 e. The topological polar surface area (TPSA) is 81.7 Å². The molecular formula is C20H29N3O3. The maximum absolute atomic E-state index is 12.7. The fourth-order valence-electron chi connectivity index (χ4n) is 3.60. The lowest BCUT2D eigenvalue weighted by Crippen LogP contribution is -2.64. The Morgan fingerprint density at radius 1 is 1.27 bits per heavy atom. The van der Waals surface area contributed by atoms with Crippen molar-refractivity contribution in [1.29, 1.82) is 0 Å². The minimum Gasteiger partial charge on any atom is -0.388 e. The zero-order chi connectivity index (χ0) is 18.7. The first-order chi connectivity index (χ1) is 12.4. The number of benzene rings is 1. The highest BCUT2D eigenvalue weighted by Crippen LogP contribution is 2.38. The lowest BCUT2D eigenvalue weighted by atomic mass is 9.79. The fraction of sp³-hybridized carbons (Fsp3) is 0.600. The molecule has 1 aromatic rings. The van der Waals surface area contributed by atoms with Crippen molar-refractivity contribution in [3.8, 4) is 0 Å². The number of hydrogen-bond donors (Lipinski definition) is 3. The molecule has 0 radical (unpaired) electrons. The first-order valence-electron chi connectivity index (χ1n) is 9.56. The van der Waals surface area contributed by atoms with E-state index in [1.165, 1.54) is 0 Å². The lowest BCUT2D eigenvalue weighted by Gasteiger charge is -2.49. The van der Waals surface area contributed by atoms with Crippen LogP contribution >= 0.6 is 0 Å². The van der Waals surface area contributed by atoms with Crippen LogP contribution in [0.3, 0.4) is 0 Å². The minimum atomic E-state index is -1.08. The quantitative estimate of drug-likeness (QED) is 0.754. The number of urea groups is 1. The Balaban J connectivity index is 1.92. The van der Waals surface area contributed by atoms with Gasteiger partial charge in [0.2, 0.25) is 5.91 Å². The van der Waals surface area contributed by atoms with Crippen molar-refractivity contribution in [3.05, 3.63) is 35.9 Å². The number of nitrogens with one attached hydrogen (secondary N) is 2. The van der Waals surface area contributed by atoms with E-state index in [1.54, 1.807) is 11.8 Å². The average molecular weight is 359 g/mol. The molecule has 1 aliphatic carbocycles. The van der Waals surface area contributed by atoms with Crippen LogP contribution in [0.25, 0.3) is 0 Å². The molecule has 0 spiro atoms. The molecule has 6 nitrogen and oxygen atoms in total. The number of aliphatic hydroxyl groups is 1. The van der Waals surface area contributed by atoms with Gasteiger partial charge in [0.1, 0.15) is 0 Å². The number of amides is 3. The first kappa shape index (κ1) is 18.7. The summed E-state index contributed by atoms with van der Waals surface area (Å²) in [6, 6.07) is 8.55. The van der Waals surface area contributed by atoms with Crippen molar-refractivity contribution in [2.24, 2.45) is 5.92 Å². The van der Waals surface area contributed by atoms with E-state index in [0.717, 1.165) is 24.8 Å². The molecule has 1 aliphatic heterocycles. The third kappa shape index (κ3) is 4.01. The number of carbonyl (C=O) groups excluding carboxylic acids is 2. The van der Waals surface area contributed by atoms with Crippen LogP contribution < -0.4 is 10.6 Å². The van der Waals surface area contributed by atoms with E-state index in [9.17, 15) is 14.7 Å². The molecule has 3 atom stereocenters. The van der Waals surface area contributed by atoms with E-state index in [0.29, 0.717) is 19.5 Å². The highest BCUT2D eigenvalue weighted by Gasteiger charge is 2.48. The first-order valence-corrected chi connectivity index (χ1v) is 9.56. The van der Waals surface area contributed by atoms with Crippen molar-refractivity contribution in [2.75, 3.05) is 13.1 Å². The van der Waals surface area contributed by atoms with Crippen molar-refractivity contribution < 1.29 is 14.7 Å². The van der Waals surface area contributed by atoms with Crippen LogP contribution in [0.2, 0.25) is 0 Å². The van der Waals surface area contributed by atoms with Gasteiger partial charge < -0.3 is 20.6 Å². The van der Waals surface area contributed by atoms with E-state index in [1.807, 2.05) is 37.3 Å². The number of nitrogens with zero attached hydrogens (tertiary/aromatic N) is 1. The standard InChI is InChI=1S/C20H29N3O3/c1-3-12-21-19(25)23-13-11-20(2,26)17(22-18(24)15-9-10-15)16(23)14-7-5-4-6-8-14/h4-8,15-17,26H,3,9-13H2,1-2H3,(H,21,25)(H,22,24)/t16-,17-,20+/m0/s1. The maximum atomic E-state index is 12.7. The SMILES string of the molecule is CCCNC(=O)N1CC[C@@](C)(O)[C@@H](NC(=O)C2CC2)[C@@H]1c1ccccc1. The third-order valence-corrected chi connectivity index (χ3v) is 5.35. The van der Waals surface area contributed by atoms with Gasteiger partial charge in [-0.25, -0.2) is 4.79 Å². The molecule has 26 heavy (non-hydrogen) atoms. The van der Waals surface area contributed by atoms with Crippen LogP contribution in [-0.4, -0.2) is 46.7 Å². The van der Waals surface area contributed by atoms with Crippen LogP contribution in [0, 0.1) is 5.92 Å². The van der Waals surface area contributed by atoms with Gasteiger partial charge in [-0.2, -0.15) is 0 Å². The summed E-state index contributed by atoms with van der Waals surface area (Å²) in [6.07, 6.45) is 3.08. The highest BCUT2D eigenvalue weighted by atomic mass is 16.3. The van der Waals surface area contributed by atoms with Gasteiger partial charge >= 0.3 is 6.03 Å². The number of rotatable bonds is 5. The molecule has 0 unspecified atom stereocenters. The summed E-state index contributed by atoms with van der Waals surface area (Å²) in [7, 11) is 0. The molecule has 142 valence electrons. The molecule has 0 bridgehead atoms. The van der Waals surface area contributed by atoms with Gasteiger partial charge in [-0.15, -0.1) is 0 Å². The lowest BCUT2D eigenvalue weighted by molar-refractivity contribution is -0.128. The normalized spacial score (nSPS) is 28.5. The molecule has 6 heteroatoms. The minimum absolute atomic E-state index is 0.0213. The zero-order valence-corrected chi connectivity index (χ0v) is 15.6. The van der Waals surface area contributed by atoms with Gasteiger partial charge in [0.15, 0.2) is 0 Å². The second kappa shape index (κ2) is 7.66. The van der Waals surface area contributed by atoms with Crippen LogP contribution in [0.1, 0.15) is 51.1 Å². The van der Waals surface area contributed by atoms with Gasteiger partial charge in [-0.1, -0.05) is 37.3 Å². The van der Waals surface area contributed by atoms with Crippen LogP contribution in [0.5, 0.6) is 0 Å². The molecule has 1 saturated carbocycles. The van der Waals surface area contributed by atoms with Crippen LogP contribution in [-0.2, 0) is 4.79 Å². The van der Waals surface area contributed by atoms with E-state index in [-0.39, 0.29) is 17.9 Å². The monoisotopic (exact) mass is 359 g/mol. The smallest absolute Gasteiger partial charge is 0.317 e. The predicted molar refractivity (Wildman–Crippen MR) is 99.5 cm³/mol. The highest BCUT2D eigenvalue weighted by molar-refractivity contribution is 5.81. The molecule has 1 saturated heterocycles. The molecule has 3 rings (SSSR count). The maximum Gasteiger partial charge on any atom is 0.317 e. The Hall–Kier alpha value is -2.08. The Kier molecular flexibility index (Phi) is 5.51. The molecule has 3 N–H and O–H groups in total. The summed E-state index contributed by atoms with van der Waals surface area (Å²) >= 11 is 0.